The Balaban J connectivity index is 2.07. The zero-order valence-electron chi connectivity index (χ0n) is 11.7. The Morgan fingerprint density at radius 1 is 1.40 bits per heavy atom. The molecule has 0 aromatic carbocycles. The second-order valence-electron chi connectivity index (χ2n) is 5.15. The molecular weight excluding hydrogens is 300 g/mol. The highest BCUT2D eigenvalue weighted by molar-refractivity contribution is 7.86. The predicted molar refractivity (Wildman–Crippen MR) is 77.6 cm³/mol. The molecule has 20 heavy (non-hydrogen) atoms. The van der Waals surface area contributed by atoms with Crippen LogP contribution in [0.5, 0.6) is 0 Å². The van der Waals surface area contributed by atoms with E-state index >= 15 is 0 Å². The Morgan fingerprint density at radius 2 is 2.10 bits per heavy atom. The van der Waals surface area contributed by atoms with E-state index in [0.29, 0.717) is 24.7 Å². The molecule has 2 heterocycles. The molecule has 0 saturated carbocycles. The Labute approximate surface area is 125 Å². The van der Waals surface area contributed by atoms with Crippen LogP contribution in [0.1, 0.15) is 18.5 Å². The van der Waals surface area contributed by atoms with Crippen molar-refractivity contribution in [3.63, 3.8) is 0 Å². The summed E-state index contributed by atoms with van der Waals surface area (Å²) in [6, 6.07) is 0. The van der Waals surface area contributed by atoms with Crippen LogP contribution in [0.3, 0.4) is 0 Å². The van der Waals surface area contributed by atoms with E-state index in [0.717, 1.165) is 18.5 Å². The highest BCUT2D eigenvalue weighted by Crippen LogP contribution is 2.24. The fourth-order valence-electron chi connectivity index (χ4n) is 2.39. The fourth-order valence-corrected chi connectivity index (χ4v) is 3.80. The number of rotatable bonds is 4. The molecule has 1 aromatic rings. The molecule has 2 rings (SSSR count). The molecule has 1 fully saturated rings. The summed E-state index contributed by atoms with van der Waals surface area (Å²) in [6.07, 6.45) is 5.65. The van der Waals surface area contributed by atoms with E-state index in [2.05, 4.69) is 9.97 Å². The maximum atomic E-state index is 12.1. The van der Waals surface area contributed by atoms with Crippen molar-refractivity contribution in [3.05, 3.63) is 23.2 Å². The summed E-state index contributed by atoms with van der Waals surface area (Å²) in [5, 5.41) is 0.403. The van der Waals surface area contributed by atoms with Crippen molar-refractivity contribution in [2.24, 2.45) is 5.92 Å². The van der Waals surface area contributed by atoms with Gasteiger partial charge in [-0.2, -0.15) is 17.0 Å². The third kappa shape index (κ3) is 3.46. The molecule has 0 amide bonds. The number of hydrogen-bond acceptors (Lipinski definition) is 4. The van der Waals surface area contributed by atoms with Gasteiger partial charge >= 0.3 is 0 Å². The van der Waals surface area contributed by atoms with Crippen LogP contribution in [0, 0.1) is 5.92 Å². The first-order valence-electron chi connectivity index (χ1n) is 6.54. The first-order chi connectivity index (χ1) is 9.41. The van der Waals surface area contributed by atoms with E-state index in [1.165, 1.54) is 8.61 Å². The lowest BCUT2D eigenvalue weighted by atomic mass is 9.95. The van der Waals surface area contributed by atoms with Gasteiger partial charge in [-0.1, -0.05) is 11.6 Å². The van der Waals surface area contributed by atoms with E-state index in [1.807, 2.05) is 0 Å². The lowest BCUT2D eigenvalue weighted by Crippen LogP contribution is -2.45. The predicted octanol–water partition coefficient (Wildman–Crippen LogP) is 1.19. The number of nitrogens with zero attached hydrogens (tertiary/aromatic N) is 4. The first kappa shape index (κ1) is 15.6. The second-order valence-corrected chi connectivity index (χ2v) is 7.65. The molecule has 8 heteroatoms. The zero-order valence-corrected chi connectivity index (χ0v) is 13.2. The average molecular weight is 319 g/mol. The molecule has 6 nitrogen and oxygen atoms in total. The minimum Gasteiger partial charge on any atom is -0.256 e. The quantitative estimate of drug-likeness (QED) is 0.836. The van der Waals surface area contributed by atoms with Gasteiger partial charge in [0.25, 0.3) is 10.2 Å². The molecule has 0 bridgehead atoms. The normalized spacial score (nSPS) is 21.3. The first-order valence-corrected chi connectivity index (χ1v) is 8.31. The SMILES string of the molecule is CN(C)S(=O)(=O)N1CCCC(Cc2nccnc2Cl)C1. The third-order valence-electron chi connectivity index (χ3n) is 3.47. The molecule has 112 valence electrons. The molecule has 0 aliphatic carbocycles. The number of hydrogen-bond donors (Lipinski definition) is 0. The smallest absolute Gasteiger partial charge is 0.256 e. The van der Waals surface area contributed by atoms with Gasteiger partial charge < -0.3 is 0 Å². The van der Waals surface area contributed by atoms with Gasteiger partial charge in [-0.05, 0) is 25.2 Å². The van der Waals surface area contributed by atoms with Crippen molar-refractivity contribution in [2.75, 3.05) is 27.2 Å². The van der Waals surface area contributed by atoms with Gasteiger partial charge in [-0.15, -0.1) is 0 Å². The Bertz CT molecular complexity index is 564. The summed E-state index contributed by atoms with van der Waals surface area (Å²) < 4.78 is 27.1. The van der Waals surface area contributed by atoms with Gasteiger partial charge in [-0.25, -0.2) is 4.98 Å². The summed E-state index contributed by atoms with van der Waals surface area (Å²) in [4.78, 5) is 8.23. The molecule has 0 spiro atoms. The maximum absolute atomic E-state index is 12.1. The van der Waals surface area contributed by atoms with E-state index in [4.69, 9.17) is 11.6 Å². The van der Waals surface area contributed by atoms with Crippen LogP contribution in [0.2, 0.25) is 5.15 Å². The van der Waals surface area contributed by atoms with Crippen LogP contribution in [-0.4, -0.2) is 54.2 Å². The van der Waals surface area contributed by atoms with Crippen LogP contribution >= 0.6 is 11.6 Å². The molecule has 1 aliphatic heterocycles. The molecular formula is C12H19ClN4O2S. The van der Waals surface area contributed by atoms with Crippen molar-refractivity contribution in [2.45, 2.75) is 19.3 Å². The van der Waals surface area contributed by atoms with E-state index in [-0.39, 0.29) is 5.92 Å². The summed E-state index contributed by atoms with van der Waals surface area (Å²) in [5.74, 6) is 0.229. The highest BCUT2D eigenvalue weighted by Gasteiger charge is 2.30. The molecule has 1 aliphatic rings. The molecule has 1 unspecified atom stereocenters. The Kier molecular flexibility index (Phi) is 4.95. The summed E-state index contributed by atoms with van der Waals surface area (Å²) in [6.45, 7) is 1.08. The van der Waals surface area contributed by atoms with Gasteiger partial charge in [0, 0.05) is 39.6 Å². The largest absolute Gasteiger partial charge is 0.281 e. The van der Waals surface area contributed by atoms with Crippen molar-refractivity contribution in [1.29, 1.82) is 0 Å². The van der Waals surface area contributed by atoms with E-state index < -0.39 is 10.2 Å². The molecule has 0 radical (unpaired) electrons. The number of piperidine rings is 1. The van der Waals surface area contributed by atoms with Gasteiger partial charge in [-0.3, -0.25) is 4.98 Å². The van der Waals surface area contributed by atoms with E-state index in [1.54, 1.807) is 26.5 Å². The Hall–Kier alpha value is -0.760. The van der Waals surface area contributed by atoms with Crippen LogP contribution < -0.4 is 0 Å². The van der Waals surface area contributed by atoms with Gasteiger partial charge in [0.2, 0.25) is 0 Å². The standard InChI is InChI=1S/C12H19ClN4O2S/c1-16(2)20(18,19)17-7-3-4-10(9-17)8-11-12(13)15-6-5-14-11/h5-6,10H,3-4,7-9H2,1-2H3. The van der Waals surface area contributed by atoms with Crippen LogP contribution in [0.4, 0.5) is 0 Å². The second kappa shape index (κ2) is 6.34. The van der Waals surface area contributed by atoms with Crippen LogP contribution in [0.25, 0.3) is 0 Å². The van der Waals surface area contributed by atoms with Crippen LogP contribution in [-0.2, 0) is 16.6 Å². The average Bonchev–Trinajstić information content (AvgIpc) is 2.41. The Morgan fingerprint density at radius 3 is 2.75 bits per heavy atom. The van der Waals surface area contributed by atoms with Crippen molar-refractivity contribution >= 4 is 21.8 Å². The summed E-state index contributed by atoms with van der Waals surface area (Å²) in [7, 11) is -0.230. The topological polar surface area (TPSA) is 66.4 Å². The monoisotopic (exact) mass is 318 g/mol. The van der Waals surface area contributed by atoms with Crippen molar-refractivity contribution < 1.29 is 8.42 Å². The van der Waals surface area contributed by atoms with Crippen molar-refractivity contribution in [3.8, 4) is 0 Å². The number of halogens is 1. The zero-order chi connectivity index (χ0) is 14.8. The van der Waals surface area contributed by atoms with E-state index in [9.17, 15) is 8.42 Å². The van der Waals surface area contributed by atoms with Gasteiger partial charge in [0.1, 0.15) is 5.15 Å². The summed E-state index contributed by atoms with van der Waals surface area (Å²) in [5.41, 5.74) is 0.739. The lowest BCUT2D eigenvalue weighted by molar-refractivity contribution is 0.253. The minimum atomic E-state index is -3.34. The lowest BCUT2D eigenvalue weighted by Gasteiger charge is -2.33. The molecule has 1 saturated heterocycles. The van der Waals surface area contributed by atoms with Crippen LogP contribution in [0.15, 0.2) is 12.4 Å². The molecule has 1 aromatic heterocycles. The third-order valence-corrected chi connectivity index (χ3v) is 5.70. The number of aromatic nitrogens is 2. The van der Waals surface area contributed by atoms with Gasteiger partial charge in [0.15, 0.2) is 0 Å². The highest BCUT2D eigenvalue weighted by atomic mass is 35.5. The van der Waals surface area contributed by atoms with Crippen molar-refractivity contribution in [1.82, 2.24) is 18.6 Å². The fraction of sp³-hybridized carbons (Fsp3) is 0.667. The molecule has 1 atom stereocenters. The maximum Gasteiger partial charge on any atom is 0.281 e. The summed E-state index contributed by atoms with van der Waals surface area (Å²) >= 11 is 6.01. The molecule has 0 N–H and O–H groups in total. The van der Waals surface area contributed by atoms with Gasteiger partial charge in [0.05, 0.1) is 5.69 Å². The minimum absolute atomic E-state index is 0.229.